The monoisotopic (exact) mass is 331 g/mol. The zero-order valence-electron chi connectivity index (χ0n) is 15.1. The third-order valence-corrected chi connectivity index (χ3v) is 5.87. The molecule has 1 spiro atoms. The minimum Gasteiger partial charge on any atom is -0.380 e. The number of ether oxygens (including phenoxy) is 1. The van der Waals surface area contributed by atoms with Gasteiger partial charge in [0.2, 0.25) is 0 Å². The van der Waals surface area contributed by atoms with Crippen molar-refractivity contribution in [1.82, 2.24) is 14.8 Å². The van der Waals surface area contributed by atoms with E-state index in [1.165, 1.54) is 12.8 Å². The Hall–Kier alpha value is -1.46. The molecule has 132 valence electrons. The van der Waals surface area contributed by atoms with E-state index in [4.69, 9.17) is 4.74 Å². The molecule has 0 aromatic carbocycles. The first kappa shape index (κ1) is 17.4. The van der Waals surface area contributed by atoms with Crippen LogP contribution < -0.4 is 0 Å². The Morgan fingerprint density at radius 2 is 2.12 bits per heavy atom. The van der Waals surface area contributed by atoms with E-state index < -0.39 is 0 Å². The predicted octanol–water partition coefficient (Wildman–Crippen LogP) is 2.50. The lowest BCUT2D eigenvalue weighted by molar-refractivity contribution is 0.0209. The van der Waals surface area contributed by atoms with Crippen LogP contribution in [-0.4, -0.2) is 65.6 Å². The minimum atomic E-state index is 0.0695. The highest BCUT2D eigenvalue weighted by Gasteiger charge is 2.46. The zero-order chi connectivity index (χ0) is 17.2. The van der Waals surface area contributed by atoms with E-state index in [9.17, 15) is 4.79 Å². The van der Waals surface area contributed by atoms with Gasteiger partial charge in [-0.15, -0.1) is 0 Å². The summed E-state index contributed by atoms with van der Waals surface area (Å²) >= 11 is 0. The number of carbonyl (C=O) groups excluding carboxylic acids is 1. The zero-order valence-corrected chi connectivity index (χ0v) is 15.1. The van der Waals surface area contributed by atoms with Crippen molar-refractivity contribution in [3.05, 3.63) is 29.6 Å². The number of nitrogens with zero attached hydrogens (tertiary/aromatic N) is 3. The summed E-state index contributed by atoms with van der Waals surface area (Å²) in [6, 6.07) is 4.33. The number of hydrogen-bond donors (Lipinski definition) is 0. The van der Waals surface area contributed by atoms with Crippen molar-refractivity contribution < 1.29 is 9.53 Å². The molecule has 0 saturated carbocycles. The van der Waals surface area contributed by atoms with Crippen LogP contribution in [0.3, 0.4) is 0 Å². The lowest BCUT2D eigenvalue weighted by Crippen LogP contribution is -2.54. The Morgan fingerprint density at radius 1 is 1.38 bits per heavy atom. The fourth-order valence-electron chi connectivity index (χ4n) is 4.19. The summed E-state index contributed by atoms with van der Waals surface area (Å²) in [5.41, 5.74) is 1.90. The van der Waals surface area contributed by atoms with Crippen molar-refractivity contribution in [1.29, 1.82) is 0 Å². The summed E-state index contributed by atoms with van der Waals surface area (Å²) in [6.45, 7) is 7.29. The molecule has 3 heterocycles. The molecule has 0 aliphatic carbocycles. The van der Waals surface area contributed by atoms with Crippen molar-refractivity contribution in [3.63, 3.8) is 0 Å². The average molecular weight is 331 g/mol. The molecule has 2 fully saturated rings. The maximum absolute atomic E-state index is 12.7. The maximum atomic E-state index is 12.7. The van der Waals surface area contributed by atoms with Crippen LogP contribution in [0.5, 0.6) is 0 Å². The maximum Gasteiger partial charge on any atom is 0.272 e. The van der Waals surface area contributed by atoms with Gasteiger partial charge in [-0.25, -0.2) is 0 Å². The molecule has 5 nitrogen and oxygen atoms in total. The molecule has 3 rings (SSSR count). The van der Waals surface area contributed by atoms with E-state index in [1.807, 2.05) is 30.9 Å². The van der Waals surface area contributed by atoms with Crippen molar-refractivity contribution in [2.24, 2.45) is 0 Å². The van der Waals surface area contributed by atoms with E-state index in [1.54, 1.807) is 6.20 Å². The number of pyridine rings is 1. The van der Waals surface area contributed by atoms with Gasteiger partial charge in [0.25, 0.3) is 5.91 Å². The summed E-state index contributed by atoms with van der Waals surface area (Å²) in [5.74, 6) is 0.0695. The first-order valence-electron chi connectivity index (χ1n) is 9.08. The Balaban J connectivity index is 1.60. The minimum absolute atomic E-state index is 0.0695. The number of carbonyl (C=O) groups is 1. The first-order valence-corrected chi connectivity index (χ1v) is 9.08. The number of piperidine rings is 1. The van der Waals surface area contributed by atoms with Gasteiger partial charge < -0.3 is 9.64 Å². The van der Waals surface area contributed by atoms with E-state index in [-0.39, 0.29) is 11.4 Å². The van der Waals surface area contributed by atoms with Crippen molar-refractivity contribution in [2.45, 2.75) is 51.1 Å². The van der Waals surface area contributed by atoms with Crippen LogP contribution in [0.15, 0.2) is 18.3 Å². The lowest BCUT2D eigenvalue weighted by Gasteiger charge is -2.45. The predicted molar refractivity (Wildman–Crippen MR) is 94.1 cm³/mol. The fourth-order valence-corrected chi connectivity index (χ4v) is 4.19. The molecule has 5 heteroatoms. The van der Waals surface area contributed by atoms with Crippen LogP contribution in [0.1, 0.15) is 48.7 Å². The number of hydrogen-bond acceptors (Lipinski definition) is 4. The van der Waals surface area contributed by atoms with Gasteiger partial charge in [-0.2, -0.15) is 0 Å². The fraction of sp³-hybridized carbons (Fsp3) is 0.684. The molecule has 1 aromatic rings. The van der Waals surface area contributed by atoms with E-state index in [2.05, 4.69) is 16.9 Å². The quantitative estimate of drug-likeness (QED) is 0.850. The topological polar surface area (TPSA) is 45.7 Å². The Labute approximate surface area is 145 Å². The second kappa shape index (κ2) is 7.19. The Bertz CT molecular complexity index is 582. The van der Waals surface area contributed by atoms with Gasteiger partial charge in [0.15, 0.2) is 0 Å². The molecule has 1 amide bonds. The molecule has 0 radical (unpaired) electrons. The standard InChI is InChI=1S/C19H29N3O2/c1-4-24-14-16-5-7-19(21(16)3)8-11-22(12-9-19)18(23)17-13-15(2)6-10-20-17/h6,10,13,16H,4-5,7-9,11-12,14H2,1-3H3. The summed E-state index contributed by atoms with van der Waals surface area (Å²) in [6.07, 6.45) is 6.22. The largest absolute Gasteiger partial charge is 0.380 e. The molecule has 2 aliphatic rings. The normalized spacial score (nSPS) is 23.8. The highest BCUT2D eigenvalue weighted by Crippen LogP contribution is 2.40. The number of amides is 1. The molecule has 1 atom stereocenters. The third kappa shape index (κ3) is 3.33. The van der Waals surface area contributed by atoms with Crippen molar-refractivity contribution in [2.75, 3.05) is 33.4 Å². The van der Waals surface area contributed by atoms with Gasteiger partial charge in [-0.1, -0.05) is 0 Å². The molecule has 1 unspecified atom stereocenters. The van der Waals surface area contributed by atoms with Gasteiger partial charge in [0.1, 0.15) is 5.69 Å². The summed E-state index contributed by atoms with van der Waals surface area (Å²) in [5, 5.41) is 0. The van der Waals surface area contributed by atoms with Gasteiger partial charge in [-0.3, -0.25) is 14.7 Å². The summed E-state index contributed by atoms with van der Waals surface area (Å²) in [4.78, 5) is 21.4. The Morgan fingerprint density at radius 3 is 2.79 bits per heavy atom. The molecular formula is C19H29N3O2. The molecule has 1 aromatic heterocycles. The van der Waals surface area contributed by atoms with Crippen LogP contribution >= 0.6 is 0 Å². The van der Waals surface area contributed by atoms with Crippen LogP contribution in [0.4, 0.5) is 0 Å². The number of rotatable bonds is 4. The molecule has 24 heavy (non-hydrogen) atoms. The van der Waals surface area contributed by atoms with Crippen molar-refractivity contribution >= 4 is 5.91 Å². The summed E-state index contributed by atoms with van der Waals surface area (Å²) < 4.78 is 5.64. The SMILES string of the molecule is CCOCC1CCC2(CCN(C(=O)c3cc(C)ccn3)CC2)N1C. The lowest BCUT2D eigenvalue weighted by atomic mass is 9.85. The van der Waals surface area contributed by atoms with E-state index in [0.29, 0.717) is 11.7 Å². The number of likely N-dealkylation sites (N-methyl/N-ethyl adjacent to an activating group) is 1. The smallest absolute Gasteiger partial charge is 0.272 e. The van der Waals surface area contributed by atoms with E-state index >= 15 is 0 Å². The number of aromatic nitrogens is 1. The molecular weight excluding hydrogens is 302 g/mol. The second-order valence-electron chi connectivity index (χ2n) is 7.20. The van der Waals surface area contributed by atoms with Crippen LogP contribution in [0, 0.1) is 6.92 Å². The molecule has 0 N–H and O–H groups in total. The van der Waals surface area contributed by atoms with Crippen LogP contribution in [0.25, 0.3) is 0 Å². The molecule has 0 bridgehead atoms. The number of likely N-dealkylation sites (tertiary alicyclic amines) is 2. The highest BCUT2D eigenvalue weighted by atomic mass is 16.5. The molecule has 2 saturated heterocycles. The third-order valence-electron chi connectivity index (χ3n) is 5.87. The van der Waals surface area contributed by atoms with Gasteiger partial charge in [0, 0.05) is 37.5 Å². The van der Waals surface area contributed by atoms with Crippen LogP contribution in [-0.2, 0) is 4.74 Å². The number of aryl methyl sites for hydroxylation is 1. The first-order chi connectivity index (χ1) is 11.6. The highest BCUT2D eigenvalue weighted by molar-refractivity contribution is 5.92. The van der Waals surface area contributed by atoms with Gasteiger partial charge in [0.05, 0.1) is 6.61 Å². The van der Waals surface area contributed by atoms with Crippen LogP contribution in [0.2, 0.25) is 0 Å². The average Bonchev–Trinajstić information content (AvgIpc) is 2.89. The Kier molecular flexibility index (Phi) is 5.21. The molecule has 2 aliphatic heterocycles. The van der Waals surface area contributed by atoms with Crippen molar-refractivity contribution in [3.8, 4) is 0 Å². The van der Waals surface area contributed by atoms with Gasteiger partial charge >= 0.3 is 0 Å². The van der Waals surface area contributed by atoms with E-state index in [0.717, 1.165) is 44.7 Å². The summed E-state index contributed by atoms with van der Waals surface area (Å²) in [7, 11) is 2.23. The van der Waals surface area contributed by atoms with Gasteiger partial charge in [-0.05, 0) is 64.3 Å². The second-order valence-corrected chi connectivity index (χ2v) is 7.20.